The minimum Gasteiger partial charge on any atom is -0.239 e. The van der Waals surface area contributed by atoms with Crippen LogP contribution in [0, 0.1) is 13.8 Å². The standard InChI is InChI=1S/C59H41N7/c1-38-33-54(61-39(2)60-38)51-30-16-29-50(55(51)47-27-15-28-48(36-47)59-65-56(42-20-8-4-9-21-42)64-57(66-59)43-22-10-5-11-23-43)45-25-14-26-46(35-45)53-37-52(41-18-6-3-7-19-41)62-58(63-53)49-32-31-40-17-12-13-24-44(40)34-49/h3-37H,1-2H3. The van der Waals surface area contributed by atoms with Gasteiger partial charge in [-0.25, -0.2) is 34.9 Å². The average Bonchev–Trinajstić information content (AvgIpc) is 3.38. The molecule has 3 heterocycles. The minimum absolute atomic E-state index is 0.583. The van der Waals surface area contributed by atoms with Crippen molar-refractivity contribution in [2.45, 2.75) is 13.8 Å². The zero-order valence-corrected chi connectivity index (χ0v) is 36.3. The van der Waals surface area contributed by atoms with Crippen LogP contribution in [-0.4, -0.2) is 34.9 Å². The maximum Gasteiger partial charge on any atom is 0.164 e. The molecule has 0 bridgehead atoms. The lowest BCUT2D eigenvalue weighted by atomic mass is 9.87. The van der Waals surface area contributed by atoms with Gasteiger partial charge in [-0.1, -0.05) is 182 Å². The second-order valence-electron chi connectivity index (χ2n) is 16.3. The molecule has 0 aliphatic heterocycles. The Bertz CT molecular complexity index is 3480. The van der Waals surface area contributed by atoms with E-state index in [-0.39, 0.29) is 0 Å². The second-order valence-corrected chi connectivity index (χ2v) is 16.3. The van der Waals surface area contributed by atoms with Crippen LogP contribution in [0.15, 0.2) is 212 Å². The van der Waals surface area contributed by atoms with Gasteiger partial charge in [0.25, 0.3) is 0 Å². The predicted molar refractivity (Wildman–Crippen MR) is 267 cm³/mol. The van der Waals surface area contributed by atoms with Gasteiger partial charge >= 0.3 is 0 Å². The van der Waals surface area contributed by atoms with E-state index in [1.807, 2.05) is 92.7 Å². The topological polar surface area (TPSA) is 90.2 Å². The summed E-state index contributed by atoms with van der Waals surface area (Å²) in [4.78, 5) is 35.1. The van der Waals surface area contributed by atoms with E-state index < -0.39 is 0 Å². The predicted octanol–water partition coefficient (Wildman–Crippen LogP) is 14.2. The fraction of sp³-hybridized carbons (Fsp3) is 0.0339. The number of hydrogen-bond acceptors (Lipinski definition) is 7. The smallest absolute Gasteiger partial charge is 0.164 e. The first-order valence-corrected chi connectivity index (χ1v) is 22.0. The quantitative estimate of drug-likeness (QED) is 0.143. The van der Waals surface area contributed by atoms with Gasteiger partial charge in [0.05, 0.1) is 17.1 Å². The molecule has 7 nitrogen and oxygen atoms in total. The third kappa shape index (κ3) is 8.13. The van der Waals surface area contributed by atoms with E-state index in [2.05, 4.69) is 138 Å². The van der Waals surface area contributed by atoms with E-state index >= 15 is 0 Å². The number of hydrogen-bond donors (Lipinski definition) is 0. The summed E-state index contributed by atoms with van der Waals surface area (Å²) in [5, 5.41) is 2.31. The summed E-state index contributed by atoms with van der Waals surface area (Å²) in [7, 11) is 0. The van der Waals surface area contributed by atoms with Crippen LogP contribution in [0.4, 0.5) is 0 Å². The van der Waals surface area contributed by atoms with Crippen molar-refractivity contribution in [3.05, 3.63) is 224 Å². The molecule has 3 aromatic heterocycles. The van der Waals surface area contributed by atoms with E-state index in [1.54, 1.807) is 0 Å². The molecule has 312 valence electrons. The van der Waals surface area contributed by atoms with E-state index in [4.69, 9.17) is 29.9 Å². The number of benzene rings is 8. The van der Waals surface area contributed by atoms with Gasteiger partial charge in [0, 0.05) is 44.6 Å². The molecule has 11 aromatic rings. The molecule has 0 aliphatic carbocycles. The van der Waals surface area contributed by atoms with Gasteiger partial charge in [0.15, 0.2) is 23.3 Å². The number of aromatic nitrogens is 7. The fourth-order valence-corrected chi connectivity index (χ4v) is 8.58. The third-order valence-corrected chi connectivity index (χ3v) is 11.7. The molecule has 66 heavy (non-hydrogen) atoms. The summed E-state index contributed by atoms with van der Waals surface area (Å²) in [6.45, 7) is 3.95. The molecule has 11 rings (SSSR count). The Hall–Kier alpha value is -8.81. The van der Waals surface area contributed by atoms with Gasteiger partial charge in [-0.05, 0) is 77.2 Å². The van der Waals surface area contributed by atoms with E-state index in [0.29, 0.717) is 29.1 Å². The summed E-state index contributed by atoms with van der Waals surface area (Å²) >= 11 is 0. The second kappa shape index (κ2) is 17.4. The van der Waals surface area contributed by atoms with Gasteiger partial charge in [0.2, 0.25) is 0 Å². The summed E-state index contributed by atoms with van der Waals surface area (Å²) in [6, 6.07) is 72.9. The lowest BCUT2D eigenvalue weighted by Gasteiger charge is -2.18. The largest absolute Gasteiger partial charge is 0.239 e. The summed E-state index contributed by atoms with van der Waals surface area (Å²) in [6.07, 6.45) is 0. The highest BCUT2D eigenvalue weighted by molar-refractivity contribution is 5.95. The van der Waals surface area contributed by atoms with Crippen molar-refractivity contribution in [3.8, 4) is 102 Å². The van der Waals surface area contributed by atoms with Crippen molar-refractivity contribution >= 4 is 10.8 Å². The number of aryl methyl sites for hydroxylation is 2. The summed E-state index contributed by atoms with van der Waals surface area (Å²) < 4.78 is 0. The normalized spacial score (nSPS) is 11.2. The van der Waals surface area contributed by atoms with Crippen LogP contribution in [0.25, 0.3) is 112 Å². The lowest BCUT2D eigenvalue weighted by molar-refractivity contribution is 1.02. The van der Waals surface area contributed by atoms with Crippen molar-refractivity contribution in [2.75, 3.05) is 0 Å². The highest BCUT2D eigenvalue weighted by atomic mass is 15.0. The Labute approximate surface area is 383 Å². The molecular formula is C59H41N7. The van der Waals surface area contributed by atoms with E-state index in [9.17, 15) is 0 Å². The maximum atomic E-state index is 5.26. The molecular weight excluding hydrogens is 807 g/mol. The monoisotopic (exact) mass is 847 g/mol. The Balaban J connectivity index is 1.08. The molecule has 0 unspecified atom stereocenters. The SMILES string of the molecule is Cc1cc(-c2cccc(-c3cccc(-c4cc(-c5ccccc5)nc(-c5ccc6ccccc6c5)n4)c3)c2-c2cccc(-c3nc(-c4ccccc4)nc(-c4ccccc4)n3)c2)nc(C)n1. The molecule has 0 amide bonds. The first-order chi connectivity index (χ1) is 32.5. The molecule has 0 fully saturated rings. The first-order valence-electron chi connectivity index (χ1n) is 22.0. The molecule has 8 aromatic carbocycles. The van der Waals surface area contributed by atoms with Crippen molar-refractivity contribution in [3.63, 3.8) is 0 Å². The molecule has 0 radical (unpaired) electrons. The Morgan fingerprint density at radius 3 is 1.42 bits per heavy atom. The Kier molecular flexibility index (Phi) is 10.5. The van der Waals surface area contributed by atoms with Gasteiger partial charge in [0.1, 0.15) is 5.82 Å². The first kappa shape index (κ1) is 40.0. The molecule has 7 heteroatoms. The zero-order valence-electron chi connectivity index (χ0n) is 36.3. The van der Waals surface area contributed by atoms with Crippen LogP contribution >= 0.6 is 0 Å². The van der Waals surface area contributed by atoms with E-state index in [0.717, 1.165) is 89.4 Å². The van der Waals surface area contributed by atoms with Gasteiger partial charge in [-0.15, -0.1) is 0 Å². The minimum atomic E-state index is 0.583. The van der Waals surface area contributed by atoms with Crippen LogP contribution in [-0.2, 0) is 0 Å². The van der Waals surface area contributed by atoms with Gasteiger partial charge in [-0.2, -0.15) is 0 Å². The van der Waals surface area contributed by atoms with Crippen LogP contribution in [0.1, 0.15) is 11.5 Å². The Morgan fingerprint density at radius 2 is 0.742 bits per heavy atom. The highest BCUT2D eigenvalue weighted by Gasteiger charge is 2.20. The Morgan fingerprint density at radius 1 is 0.258 bits per heavy atom. The van der Waals surface area contributed by atoms with Crippen molar-refractivity contribution in [1.82, 2.24) is 34.9 Å². The molecule has 0 spiro atoms. The molecule has 0 aliphatic rings. The zero-order chi connectivity index (χ0) is 44.4. The fourth-order valence-electron chi connectivity index (χ4n) is 8.58. The van der Waals surface area contributed by atoms with Crippen molar-refractivity contribution in [1.29, 1.82) is 0 Å². The number of fused-ring (bicyclic) bond motifs is 1. The van der Waals surface area contributed by atoms with Gasteiger partial charge < -0.3 is 0 Å². The van der Waals surface area contributed by atoms with Crippen LogP contribution in [0.5, 0.6) is 0 Å². The highest BCUT2D eigenvalue weighted by Crippen LogP contribution is 2.42. The molecule has 0 atom stereocenters. The van der Waals surface area contributed by atoms with Crippen molar-refractivity contribution in [2.24, 2.45) is 0 Å². The molecule has 0 N–H and O–H groups in total. The van der Waals surface area contributed by atoms with Crippen molar-refractivity contribution < 1.29 is 0 Å². The summed E-state index contributed by atoms with van der Waals surface area (Å²) in [5.41, 5.74) is 14.2. The number of nitrogens with zero attached hydrogens (tertiary/aromatic N) is 7. The van der Waals surface area contributed by atoms with Crippen LogP contribution < -0.4 is 0 Å². The average molecular weight is 848 g/mol. The third-order valence-electron chi connectivity index (χ3n) is 11.7. The van der Waals surface area contributed by atoms with Crippen LogP contribution in [0.3, 0.4) is 0 Å². The van der Waals surface area contributed by atoms with Gasteiger partial charge in [-0.3, -0.25) is 0 Å². The molecule has 0 saturated carbocycles. The van der Waals surface area contributed by atoms with Crippen LogP contribution in [0.2, 0.25) is 0 Å². The van der Waals surface area contributed by atoms with E-state index in [1.165, 1.54) is 5.39 Å². The summed E-state index contributed by atoms with van der Waals surface area (Å²) in [5.74, 6) is 3.18. The number of rotatable bonds is 9. The molecule has 0 saturated heterocycles. The maximum absolute atomic E-state index is 5.26. The lowest BCUT2D eigenvalue weighted by Crippen LogP contribution is -2.00.